The number of rotatable bonds is 5. The van der Waals surface area contributed by atoms with Gasteiger partial charge in [-0.15, -0.1) is 0 Å². The number of urea groups is 1. The fraction of sp³-hybridized carbons (Fsp3) is 0. The molecule has 6 rings (SSSR count). The van der Waals surface area contributed by atoms with Gasteiger partial charge in [0.05, 0.1) is 17.1 Å². The lowest BCUT2D eigenvalue weighted by atomic mass is 10.0. The van der Waals surface area contributed by atoms with E-state index in [0.717, 1.165) is 33.1 Å². The van der Waals surface area contributed by atoms with Crippen molar-refractivity contribution in [3.05, 3.63) is 137 Å². The van der Waals surface area contributed by atoms with Gasteiger partial charge in [-0.1, -0.05) is 90.5 Å². The first-order chi connectivity index (χ1) is 19.5. The first-order valence-electron chi connectivity index (χ1n) is 12.6. The summed E-state index contributed by atoms with van der Waals surface area (Å²) >= 11 is 6.01. The number of aliphatic hydroxyl groups is 1. The van der Waals surface area contributed by atoms with Gasteiger partial charge in [0, 0.05) is 16.3 Å². The molecule has 194 valence electrons. The number of halogens is 1. The van der Waals surface area contributed by atoms with Gasteiger partial charge in [0.25, 0.3) is 5.91 Å². The van der Waals surface area contributed by atoms with E-state index < -0.39 is 17.8 Å². The van der Waals surface area contributed by atoms with Crippen molar-refractivity contribution in [1.29, 1.82) is 0 Å². The second kappa shape index (κ2) is 10.5. The largest absolute Gasteiger partial charge is 0.493 e. The maximum atomic E-state index is 13.7. The maximum absolute atomic E-state index is 13.7. The van der Waals surface area contributed by atoms with Gasteiger partial charge >= 0.3 is 6.03 Å². The third-order valence-corrected chi connectivity index (χ3v) is 6.87. The molecule has 0 unspecified atom stereocenters. The van der Waals surface area contributed by atoms with Crippen molar-refractivity contribution >= 4 is 41.2 Å². The van der Waals surface area contributed by atoms with Gasteiger partial charge in [-0.25, -0.2) is 9.69 Å². The van der Waals surface area contributed by atoms with E-state index in [0.29, 0.717) is 16.3 Å². The van der Waals surface area contributed by atoms with Crippen molar-refractivity contribution in [2.75, 3.05) is 4.90 Å². The van der Waals surface area contributed by atoms with Crippen LogP contribution in [0, 0.1) is 0 Å². The maximum Gasteiger partial charge on any atom is 0.358 e. The normalized spacial score (nSPS) is 14.5. The lowest BCUT2D eigenvalue weighted by Crippen LogP contribution is -2.42. The van der Waals surface area contributed by atoms with Crippen molar-refractivity contribution < 1.29 is 14.7 Å². The summed E-state index contributed by atoms with van der Waals surface area (Å²) in [4.78, 5) is 31.1. The minimum Gasteiger partial charge on any atom is -0.493 e. The Balaban J connectivity index is 1.60. The number of hydrogen-bond acceptors (Lipinski definition) is 2. The molecular formula is C33H22ClN3O3. The quantitative estimate of drug-likeness (QED) is 0.228. The molecule has 0 fully saturated rings. The monoisotopic (exact) mass is 543 g/mol. The summed E-state index contributed by atoms with van der Waals surface area (Å²) in [5.74, 6) is -1.32. The van der Waals surface area contributed by atoms with E-state index in [1.54, 1.807) is 30.3 Å². The van der Waals surface area contributed by atoms with Gasteiger partial charge in [-0.05, 0) is 59.7 Å². The molecule has 0 spiro atoms. The fourth-order valence-corrected chi connectivity index (χ4v) is 4.93. The highest BCUT2D eigenvalue weighted by Crippen LogP contribution is 2.37. The predicted octanol–water partition coefficient (Wildman–Crippen LogP) is 7.97. The number of para-hydroxylation sites is 1. The number of imide groups is 1. The molecule has 40 heavy (non-hydrogen) atoms. The molecule has 4 aromatic carbocycles. The van der Waals surface area contributed by atoms with Crippen LogP contribution in [0.4, 0.5) is 10.5 Å². The molecule has 1 aliphatic rings. The zero-order valence-corrected chi connectivity index (χ0v) is 21.9. The van der Waals surface area contributed by atoms with Crippen molar-refractivity contribution in [1.82, 2.24) is 4.57 Å². The molecule has 7 heteroatoms. The van der Waals surface area contributed by atoms with Crippen molar-refractivity contribution in [3.8, 4) is 28.2 Å². The zero-order chi connectivity index (χ0) is 27.6. The van der Waals surface area contributed by atoms with Gasteiger partial charge < -0.3 is 9.67 Å². The second-order valence-electron chi connectivity index (χ2n) is 9.13. The van der Waals surface area contributed by atoms with Crippen LogP contribution in [0.1, 0.15) is 5.56 Å². The summed E-state index contributed by atoms with van der Waals surface area (Å²) in [5, 5.41) is 11.2. The highest BCUT2D eigenvalue weighted by molar-refractivity contribution is 6.37. The minimum absolute atomic E-state index is 0.100. The van der Waals surface area contributed by atoms with E-state index in [9.17, 15) is 14.7 Å². The van der Waals surface area contributed by atoms with Crippen LogP contribution < -0.4 is 4.90 Å². The molecule has 1 N–H and O–H groups in total. The Hall–Kier alpha value is -5.20. The number of benzene rings is 4. The summed E-state index contributed by atoms with van der Waals surface area (Å²) in [6.07, 6.45) is 1.59. The van der Waals surface area contributed by atoms with E-state index in [1.165, 1.54) is 0 Å². The zero-order valence-electron chi connectivity index (χ0n) is 21.1. The number of carbonyl (C=O) groups excluding carboxylic acids is 2. The summed E-state index contributed by atoms with van der Waals surface area (Å²) in [7, 11) is 0. The number of amides is 3. The minimum atomic E-state index is -0.878. The van der Waals surface area contributed by atoms with E-state index in [-0.39, 0.29) is 5.57 Å². The number of aromatic nitrogens is 1. The van der Waals surface area contributed by atoms with E-state index >= 15 is 0 Å². The number of aliphatic imine (C=N–C) groups is 1. The molecule has 1 aromatic heterocycles. The van der Waals surface area contributed by atoms with Crippen LogP contribution >= 0.6 is 11.6 Å². The molecule has 0 saturated heterocycles. The number of aliphatic hydroxyl groups excluding tert-OH is 1. The standard InChI is InChI=1S/C33H22ClN3O3/c34-25-16-18-27(19-17-25)37-32(39)28(31(38)35-33(37)40)20-24-21-29(22-10-4-1-5-11-22)36(26-14-8-3-9-15-26)30(24)23-12-6-2-7-13-23/h1-21H,(H,35,38,40)/b28-20-. The first-order valence-corrected chi connectivity index (χ1v) is 12.9. The molecule has 0 aliphatic carbocycles. The van der Waals surface area contributed by atoms with Gasteiger partial charge in [-0.2, -0.15) is 4.99 Å². The van der Waals surface area contributed by atoms with Gasteiger partial charge in [-0.3, -0.25) is 4.79 Å². The molecule has 0 saturated carbocycles. The first kappa shape index (κ1) is 25.1. The Morgan fingerprint density at radius 3 is 1.90 bits per heavy atom. The molecule has 0 atom stereocenters. The summed E-state index contributed by atoms with van der Waals surface area (Å²) < 4.78 is 2.13. The summed E-state index contributed by atoms with van der Waals surface area (Å²) in [6, 6.07) is 37.0. The molecule has 6 nitrogen and oxygen atoms in total. The number of hydrogen-bond donors (Lipinski definition) is 1. The van der Waals surface area contributed by atoms with E-state index in [2.05, 4.69) is 9.56 Å². The summed E-state index contributed by atoms with van der Waals surface area (Å²) in [6.45, 7) is 0. The highest BCUT2D eigenvalue weighted by Gasteiger charge is 2.34. The second-order valence-corrected chi connectivity index (χ2v) is 9.57. The van der Waals surface area contributed by atoms with Crippen LogP contribution in [-0.4, -0.2) is 27.5 Å². The number of nitrogens with zero attached hydrogens (tertiary/aromatic N) is 3. The Kier molecular flexibility index (Phi) is 6.60. The average Bonchev–Trinajstić information content (AvgIpc) is 3.37. The van der Waals surface area contributed by atoms with Gasteiger partial charge in [0.2, 0.25) is 5.90 Å². The Morgan fingerprint density at radius 1 is 0.700 bits per heavy atom. The SMILES string of the molecule is O=C1N=C(O)/C(=C/c2cc(-c3ccccc3)n(-c3ccccc3)c2-c2ccccc2)C(=O)N1c1ccc(Cl)cc1. The topological polar surface area (TPSA) is 74.9 Å². The van der Waals surface area contributed by atoms with Crippen LogP contribution in [0.15, 0.2) is 132 Å². The van der Waals surface area contributed by atoms with Gasteiger partial charge in [0.15, 0.2) is 0 Å². The Morgan fingerprint density at radius 2 is 1.27 bits per heavy atom. The van der Waals surface area contributed by atoms with Crippen LogP contribution in [0.2, 0.25) is 5.02 Å². The van der Waals surface area contributed by atoms with Crippen molar-refractivity contribution in [2.45, 2.75) is 0 Å². The van der Waals surface area contributed by atoms with Crippen LogP contribution in [0.5, 0.6) is 0 Å². The van der Waals surface area contributed by atoms with Crippen LogP contribution in [0.3, 0.4) is 0 Å². The van der Waals surface area contributed by atoms with Crippen molar-refractivity contribution in [3.63, 3.8) is 0 Å². The highest BCUT2D eigenvalue weighted by atomic mass is 35.5. The molecule has 2 heterocycles. The molecule has 5 aromatic rings. The third kappa shape index (κ3) is 4.61. The predicted molar refractivity (Wildman–Crippen MR) is 159 cm³/mol. The smallest absolute Gasteiger partial charge is 0.358 e. The molecular weight excluding hydrogens is 522 g/mol. The third-order valence-electron chi connectivity index (χ3n) is 6.61. The Labute approximate surface area is 235 Å². The van der Waals surface area contributed by atoms with Crippen LogP contribution in [-0.2, 0) is 4.79 Å². The van der Waals surface area contributed by atoms with Crippen molar-refractivity contribution in [2.24, 2.45) is 4.99 Å². The molecule has 0 radical (unpaired) electrons. The van der Waals surface area contributed by atoms with Gasteiger partial charge in [0.1, 0.15) is 5.57 Å². The lowest BCUT2D eigenvalue weighted by Gasteiger charge is -2.23. The van der Waals surface area contributed by atoms with Crippen LogP contribution in [0.25, 0.3) is 34.3 Å². The molecule has 0 bridgehead atoms. The average molecular weight is 544 g/mol. The number of anilines is 1. The molecule has 1 aliphatic heterocycles. The van der Waals surface area contributed by atoms with E-state index in [1.807, 2.05) is 97.1 Å². The Bertz CT molecular complexity index is 1780. The number of carbonyl (C=O) groups is 2. The summed E-state index contributed by atoms with van der Waals surface area (Å²) in [5.41, 5.74) is 5.38. The molecule has 3 amide bonds. The fourth-order valence-electron chi connectivity index (χ4n) is 4.80. The van der Waals surface area contributed by atoms with E-state index in [4.69, 9.17) is 11.6 Å². The lowest BCUT2D eigenvalue weighted by molar-refractivity contribution is -0.114.